The number of rotatable bonds is 1. The van der Waals surface area contributed by atoms with E-state index in [1.165, 1.54) is 0 Å². The van der Waals surface area contributed by atoms with Crippen molar-refractivity contribution in [2.24, 2.45) is 0 Å². The summed E-state index contributed by atoms with van der Waals surface area (Å²) in [7, 11) is 3.83. The van der Waals surface area contributed by atoms with Crippen molar-refractivity contribution in [2.45, 2.75) is 6.92 Å². The Labute approximate surface area is 54.3 Å². The number of oxazole rings is 1. The fourth-order valence-corrected chi connectivity index (χ4v) is 0.557. The van der Waals surface area contributed by atoms with Gasteiger partial charge in [-0.3, -0.25) is 0 Å². The second kappa shape index (κ2) is 2.09. The molecule has 0 fully saturated rings. The first-order chi connectivity index (χ1) is 4.20. The van der Waals surface area contributed by atoms with E-state index in [2.05, 4.69) is 4.98 Å². The van der Waals surface area contributed by atoms with Crippen molar-refractivity contribution in [2.75, 3.05) is 19.0 Å². The van der Waals surface area contributed by atoms with Crippen LogP contribution in [0, 0.1) is 6.92 Å². The number of anilines is 1. The molecule has 0 aromatic carbocycles. The van der Waals surface area contributed by atoms with Crippen molar-refractivity contribution >= 4 is 5.88 Å². The summed E-state index contributed by atoms with van der Waals surface area (Å²) < 4.78 is 5.16. The van der Waals surface area contributed by atoms with Gasteiger partial charge in [-0.2, -0.15) is 0 Å². The van der Waals surface area contributed by atoms with E-state index in [9.17, 15) is 0 Å². The van der Waals surface area contributed by atoms with Gasteiger partial charge in [-0.1, -0.05) is 0 Å². The van der Waals surface area contributed by atoms with Gasteiger partial charge in [0, 0.05) is 21.0 Å². The number of nitrogens with zero attached hydrogens (tertiary/aromatic N) is 2. The lowest BCUT2D eigenvalue weighted by Crippen LogP contribution is -2.06. The van der Waals surface area contributed by atoms with Crippen LogP contribution in [0.4, 0.5) is 5.88 Å². The third kappa shape index (κ3) is 1.22. The topological polar surface area (TPSA) is 29.3 Å². The van der Waals surface area contributed by atoms with Crippen molar-refractivity contribution in [3.05, 3.63) is 12.1 Å². The van der Waals surface area contributed by atoms with E-state index in [1.807, 2.05) is 25.9 Å². The van der Waals surface area contributed by atoms with Crippen LogP contribution in [0.3, 0.4) is 0 Å². The Morgan fingerprint density at radius 3 is 2.44 bits per heavy atom. The maximum absolute atomic E-state index is 5.16. The Balaban J connectivity index is 2.85. The van der Waals surface area contributed by atoms with E-state index < -0.39 is 0 Å². The normalized spacial score (nSPS) is 9.67. The Hall–Kier alpha value is -0.990. The summed E-state index contributed by atoms with van der Waals surface area (Å²) in [5.74, 6) is 1.51. The van der Waals surface area contributed by atoms with E-state index >= 15 is 0 Å². The molecular weight excluding hydrogens is 116 g/mol. The van der Waals surface area contributed by atoms with E-state index in [0.717, 1.165) is 5.88 Å². The molecule has 0 saturated carbocycles. The summed E-state index contributed by atoms with van der Waals surface area (Å²) >= 11 is 0. The van der Waals surface area contributed by atoms with Crippen LogP contribution < -0.4 is 4.90 Å². The summed E-state index contributed by atoms with van der Waals surface area (Å²) in [5, 5.41) is 0. The highest BCUT2D eigenvalue weighted by molar-refractivity contribution is 5.28. The van der Waals surface area contributed by atoms with Crippen LogP contribution in [0.2, 0.25) is 0 Å². The predicted octanol–water partition coefficient (Wildman–Crippen LogP) is 1.05. The number of aromatic nitrogens is 1. The minimum absolute atomic E-state index is 0.707. The molecule has 0 unspecified atom stereocenters. The highest BCUT2D eigenvalue weighted by Crippen LogP contribution is 2.10. The molecule has 0 bridgehead atoms. The fourth-order valence-electron chi connectivity index (χ4n) is 0.557. The Morgan fingerprint density at radius 2 is 2.22 bits per heavy atom. The number of aryl methyl sites for hydroxylation is 1. The summed E-state index contributed by atoms with van der Waals surface area (Å²) in [6, 6.07) is 0. The van der Waals surface area contributed by atoms with E-state index in [4.69, 9.17) is 4.42 Å². The maximum Gasteiger partial charge on any atom is 0.215 e. The van der Waals surface area contributed by atoms with Gasteiger partial charge in [0.1, 0.15) is 0 Å². The van der Waals surface area contributed by atoms with Crippen LogP contribution in [0.15, 0.2) is 10.6 Å². The SMILES string of the molecule is Cc1ncc(N(C)C)o1. The summed E-state index contributed by atoms with van der Waals surface area (Å²) in [4.78, 5) is 5.80. The molecular formula is C6H10N2O. The highest BCUT2D eigenvalue weighted by atomic mass is 16.4. The van der Waals surface area contributed by atoms with Crippen molar-refractivity contribution in [3.8, 4) is 0 Å². The van der Waals surface area contributed by atoms with Crippen LogP contribution in [0.25, 0.3) is 0 Å². The third-order valence-corrected chi connectivity index (χ3v) is 1.05. The maximum atomic E-state index is 5.16. The van der Waals surface area contributed by atoms with Gasteiger partial charge in [-0.15, -0.1) is 0 Å². The molecule has 1 aromatic rings. The van der Waals surface area contributed by atoms with E-state index in [0.29, 0.717) is 5.89 Å². The van der Waals surface area contributed by atoms with Gasteiger partial charge >= 0.3 is 0 Å². The van der Waals surface area contributed by atoms with Gasteiger partial charge in [-0.25, -0.2) is 4.98 Å². The number of hydrogen-bond donors (Lipinski definition) is 0. The molecule has 1 heterocycles. The summed E-state index contributed by atoms with van der Waals surface area (Å²) in [5.41, 5.74) is 0. The Kier molecular flexibility index (Phi) is 1.42. The minimum Gasteiger partial charge on any atom is -0.425 e. The first-order valence-corrected chi connectivity index (χ1v) is 2.80. The largest absolute Gasteiger partial charge is 0.425 e. The molecule has 0 saturated heterocycles. The monoisotopic (exact) mass is 126 g/mol. The first kappa shape index (κ1) is 6.13. The van der Waals surface area contributed by atoms with Gasteiger partial charge in [0.25, 0.3) is 0 Å². The number of hydrogen-bond acceptors (Lipinski definition) is 3. The summed E-state index contributed by atoms with van der Waals surface area (Å²) in [6.07, 6.45) is 1.70. The van der Waals surface area contributed by atoms with Gasteiger partial charge in [0.2, 0.25) is 5.88 Å². The average molecular weight is 126 g/mol. The minimum atomic E-state index is 0.707. The molecule has 0 atom stereocenters. The smallest absolute Gasteiger partial charge is 0.215 e. The molecule has 1 rings (SSSR count). The molecule has 0 aliphatic carbocycles. The predicted molar refractivity (Wildman–Crippen MR) is 35.6 cm³/mol. The second-order valence-corrected chi connectivity index (χ2v) is 2.11. The molecule has 9 heavy (non-hydrogen) atoms. The van der Waals surface area contributed by atoms with Gasteiger partial charge in [0.05, 0.1) is 6.20 Å². The first-order valence-electron chi connectivity index (χ1n) is 2.80. The molecule has 0 radical (unpaired) electrons. The zero-order valence-corrected chi connectivity index (χ0v) is 5.88. The lowest BCUT2D eigenvalue weighted by Gasteiger charge is -2.04. The molecule has 1 aromatic heterocycles. The molecule has 0 aliphatic heterocycles. The van der Waals surface area contributed by atoms with Crippen LogP contribution in [-0.4, -0.2) is 19.1 Å². The standard InChI is InChI=1S/C6H10N2O/c1-5-7-4-6(9-5)8(2)3/h4H,1-3H3. The highest BCUT2D eigenvalue weighted by Gasteiger charge is 1.98. The molecule has 3 nitrogen and oxygen atoms in total. The molecule has 0 amide bonds. The molecule has 3 heteroatoms. The molecule has 50 valence electrons. The van der Waals surface area contributed by atoms with Gasteiger partial charge < -0.3 is 9.32 Å². The van der Waals surface area contributed by atoms with Crippen molar-refractivity contribution in [1.29, 1.82) is 0 Å². The van der Waals surface area contributed by atoms with E-state index in [1.54, 1.807) is 6.20 Å². The van der Waals surface area contributed by atoms with Crippen LogP contribution in [0.1, 0.15) is 5.89 Å². The molecule has 0 N–H and O–H groups in total. The molecule has 0 aliphatic rings. The Morgan fingerprint density at radius 1 is 1.56 bits per heavy atom. The van der Waals surface area contributed by atoms with Crippen molar-refractivity contribution in [3.63, 3.8) is 0 Å². The zero-order chi connectivity index (χ0) is 6.85. The van der Waals surface area contributed by atoms with Gasteiger partial charge in [0.15, 0.2) is 5.89 Å². The van der Waals surface area contributed by atoms with E-state index in [-0.39, 0.29) is 0 Å². The Bertz CT molecular complexity index is 193. The van der Waals surface area contributed by atoms with Crippen LogP contribution >= 0.6 is 0 Å². The lowest BCUT2D eigenvalue weighted by atomic mass is 10.7. The molecule has 0 spiro atoms. The summed E-state index contributed by atoms with van der Waals surface area (Å²) in [6.45, 7) is 1.83. The van der Waals surface area contributed by atoms with Crippen LogP contribution in [0.5, 0.6) is 0 Å². The fraction of sp³-hybridized carbons (Fsp3) is 0.500. The average Bonchev–Trinajstić information content (AvgIpc) is 2.14. The van der Waals surface area contributed by atoms with Crippen LogP contribution in [-0.2, 0) is 0 Å². The van der Waals surface area contributed by atoms with Gasteiger partial charge in [-0.05, 0) is 0 Å². The van der Waals surface area contributed by atoms with Crippen molar-refractivity contribution < 1.29 is 4.42 Å². The third-order valence-electron chi connectivity index (χ3n) is 1.05. The lowest BCUT2D eigenvalue weighted by molar-refractivity contribution is 0.522. The quantitative estimate of drug-likeness (QED) is 0.563. The van der Waals surface area contributed by atoms with Crippen molar-refractivity contribution in [1.82, 2.24) is 4.98 Å². The zero-order valence-electron chi connectivity index (χ0n) is 5.88. The second-order valence-electron chi connectivity index (χ2n) is 2.11.